The zero-order chi connectivity index (χ0) is 10.9. The fourth-order valence-corrected chi connectivity index (χ4v) is 3.07. The number of rotatable bonds is 2. The van der Waals surface area contributed by atoms with Gasteiger partial charge in [0.15, 0.2) is 5.54 Å². The maximum Gasteiger partial charge on any atom is 0.348 e. The van der Waals surface area contributed by atoms with Crippen LogP contribution in [0.1, 0.15) is 6.42 Å². The number of hydrogen-bond donors (Lipinski definition) is 1. The highest BCUT2D eigenvalue weighted by atomic mass is 32.2. The molecule has 1 fully saturated rings. The molecule has 80 valence electrons. The maximum absolute atomic E-state index is 11.5. The van der Waals surface area contributed by atoms with E-state index in [0.29, 0.717) is 12.2 Å². The van der Waals surface area contributed by atoms with Gasteiger partial charge in [-0.2, -0.15) is 11.8 Å². The number of carboxylic acids is 1. The number of hydrogen-bond acceptors (Lipinski definition) is 4. The number of aromatic nitrogens is 2. The quantitative estimate of drug-likeness (QED) is 0.777. The molecule has 1 N–H and O–H groups in total. The molecule has 5 nitrogen and oxygen atoms in total. The predicted octanol–water partition coefficient (Wildman–Crippen LogP) is 0.160. The largest absolute Gasteiger partial charge is 0.479 e. The van der Waals surface area contributed by atoms with E-state index in [9.17, 15) is 14.7 Å². The van der Waals surface area contributed by atoms with Gasteiger partial charge in [0, 0.05) is 18.1 Å². The average Bonchev–Trinajstić information content (AvgIpc) is 2.68. The molecule has 1 aliphatic rings. The number of thioether (sulfide) groups is 1. The van der Waals surface area contributed by atoms with Gasteiger partial charge in [-0.3, -0.25) is 4.57 Å². The van der Waals surface area contributed by atoms with Crippen molar-refractivity contribution < 1.29 is 9.90 Å². The minimum Gasteiger partial charge on any atom is -0.479 e. The van der Waals surface area contributed by atoms with Crippen molar-refractivity contribution in [3.63, 3.8) is 0 Å². The van der Waals surface area contributed by atoms with Crippen LogP contribution in [0.25, 0.3) is 0 Å². The monoisotopic (exact) mass is 226 g/mol. The molecule has 0 amide bonds. The molecule has 0 aliphatic carbocycles. The van der Waals surface area contributed by atoms with Crippen LogP contribution in [0.4, 0.5) is 0 Å². The molecule has 0 spiro atoms. The van der Waals surface area contributed by atoms with Crippen molar-refractivity contribution in [1.29, 1.82) is 0 Å². The Morgan fingerprint density at radius 2 is 2.47 bits per heavy atom. The topological polar surface area (TPSA) is 72.2 Å². The number of carboxylic acid groups (broad SMARTS) is 1. The summed E-state index contributed by atoms with van der Waals surface area (Å²) >= 11 is 1.54. The Morgan fingerprint density at radius 1 is 1.67 bits per heavy atom. The van der Waals surface area contributed by atoms with Crippen LogP contribution < -0.4 is 5.69 Å². The van der Waals surface area contributed by atoms with Crippen LogP contribution in [0.15, 0.2) is 23.3 Å². The molecule has 15 heavy (non-hydrogen) atoms. The standard InChI is InChI=1S/C9H10N2O3S/c12-7(13)9(2-5-15-6-9)11-4-1-3-10-8(11)14/h1,3-4H,2,5-6H2,(H,12,13). The molecule has 1 atom stereocenters. The molecule has 1 aromatic rings. The van der Waals surface area contributed by atoms with Gasteiger partial charge in [0.1, 0.15) is 0 Å². The van der Waals surface area contributed by atoms with E-state index in [1.807, 2.05) is 0 Å². The highest BCUT2D eigenvalue weighted by Gasteiger charge is 2.44. The minimum absolute atomic E-state index is 0.425. The van der Waals surface area contributed by atoms with E-state index >= 15 is 0 Å². The van der Waals surface area contributed by atoms with E-state index in [4.69, 9.17) is 0 Å². The third-order valence-electron chi connectivity index (χ3n) is 2.57. The third-order valence-corrected chi connectivity index (χ3v) is 3.75. The summed E-state index contributed by atoms with van der Waals surface area (Å²) in [7, 11) is 0. The molecule has 0 radical (unpaired) electrons. The summed E-state index contributed by atoms with van der Waals surface area (Å²) < 4.78 is 1.23. The van der Waals surface area contributed by atoms with Gasteiger partial charge in [-0.05, 0) is 18.2 Å². The molecule has 2 heterocycles. The SMILES string of the molecule is O=C(O)C1(n2cccnc2=O)CCSC1. The van der Waals surface area contributed by atoms with Crippen LogP contribution in [0.3, 0.4) is 0 Å². The smallest absolute Gasteiger partial charge is 0.348 e. The first kappa shape index (κ1) is 10.2. The van der Waals surface area contributed by atoms with E-state index in [-0.39, 0.29) is 0 Å². The van der Waals surface area contributed by atoms with Crippen molar-refractivity contribution in [3.8, 4) is 0 Å². The lowest BCUT2D eigenvalue weighted by Crippen LogP contribution is -2.48. The van der Waals surface area contributed by atoms with Gasteiger partial charge in [0.2, 0.25) is 0 Å². The molecule has 6 heteroatoms. The van der Waals surface area contributed by atoms with E-state index < -0.39 is 17.2 Å². The Bertz CT molecular complexity index is 437. The van der Waals surface area contributed by atoms with Crippen molar-refractivity contribution in [1.82, 2.24) is 9.55 Å². The lowest BCUT2D eigenvalue weighted by Gasteiger charge is -2.24. The highest BCUT2D eigenvalue weighted by Crippen LogP contribution is 2.33. The maximum atomic E-state index is 11.5. The second kappa shape index (κ2) is 3.69. The molecular weight excluding hydrogens is 216 g/mol. The van der Waals surface area contributed by atoms with Gasteiger partial charge in [0.25, 0.3) is 0 Å². The predicted molar refractivity (Wildman–Crippen MR) is 56.0 cm³/mol. The summed E-state index contributed by atoms with van der Waals surface area (Å²) in [5, 5.41) is 9.24. The molecule has 1 aromatic heterocycles. The zero-order valence-electron chi connectivity index (χ0n) is 7.92. The fourth-order valence-electron chi connectivity index (χ4n) is 1.70. The summed E-state index contributed by atoms with van der Waals surface area (Å²) in [6.07, 6.45) is 3.34. The Morgan fingerprint density at radius 3 is 3.00 bits per heavy atom. The number of nitrogens with zero attached hydrogens (tertiary/aromatic N) is 2. The normalized spacial score (nSPS) is 25.3. The summed E-state index contributed by atoms with van der Waals surface area (Å²) in [5.74, 6) is 0.226. The van der Waals surface area contributed by atoms with Crippen molar-refractivity contribution in [2.75, 3.05) is 11.5 Å². The molecular formula is C9H10N2O3S. The molecule has 1 aliphatic heterocycles. The van der Waals surface area contributed by atoms with Gasteiger partial charge in [0.05, 0.1) is 0 Å². The Hall–Kier alpha value is -1.30. The first-order chi connectivity index (χ1) is 7.17. The van der Waals surface area contributed by atoms with E-state index in [0.717, 1.165) is 5.75 Å². The Labute approximate surface area is 90.1 Å². The van der Waals surface area contributed by atoms with Crippen LogP contribution in [0.2, 0.25) is 0 Å². The fraction of sp³-hybridized carbons (Fsp3) is 0.444. The van der Waals surface area contributed by atoms with Crippen molar-refractivity contribution in [2.45, 2.75) is 12.0 Å². The second-order valence-corrected chi connectivity index (χ2v) is 4.52. The van der Waals surface area contributed by atoms with Crippen LogP contribution in [-0.2, 0) is 10.3 Å². The van der Waals surface area contributed by atoms with E-state index in [1.165, 1.54) is 17.0 Å². The molecule has 1 saturated heterocycles. The minimum atomic E-state index is -1.10. The van der Waals surface area contributed by atoms with Gasteiger partial charge < -0.3 is 5.11 Å². The lowest BCUT2D eigenvalue weighted by atomic mass is 9.99. The number of aliphatic carboxylic acids is 1. The van der Waals surface area contributed by atoms with Crippen molar-refractivity contribution >= 4 is 17.7 Å². The first-order valence-electron chi connectivity index (χ1n) is 4.52. The van der Waals surface area contributed by atoms with Gasteiger partial charge >= 0.3 is 11.7 Å². The van der Waals surface area contributed by atoms with E-state index in [2.05, 4.69) is 4.98 Å². The Kier molecular flexibility index (Phi) is 2.52. The molecule has 1 unspecified atom stereocenters. The molecule has 0 bridgehead atoms. The number of carbonyl (C=O) groups is 1. The van der Waals surface area contributed by atoms with Crippen LogP contribution in [-0.4, -0.2) is 32.1 Å². The summed E-state index contributed by atoms with van der Waals surface area (Å²) in [5.41, 5.74) is -1.60. The summed E-state index contributed by atoms with van der Waals surface area (Å²) in [4.78, 5) is 26.4. The molecule has 0 aromatic carbocycles. The first-order valence-corrected chi connectivity index (χ1v) is 5.67. The summed E-state index contributed by atoms with van der Waals surface area (Å²) in [6.45, 7) is 0. The van der Waals surface area contributed by atoms with Crippen molar-refractivity contribution in [3.05, 3.63) is 28.9 Å². The molecule has 0 saturated carbocycles. The zero-order valence-corrected chi connectivity index (χ0v) is 8.74. The second-order valence-electron chi connectivity index (χ2n) is 3.41. The lowest BCUT2D eigenvalue weighted by molar-refractivity contribution is -0.146. The van der Waals surface area contributed by atoms with Crippen molar-refractivity contribution in [2.24, 2.45) is 0 Å². The van der Waals surface area contributed by atoms with Crippen LogP contribution in [0, 0.1) is 0 Å². The highest BCUT2D eigenvalue weighted by molar-refractivity contribution is 7.99. The van der Waals surface area contributed by atoms with Gasteiger partial charge in [-0.15, -0.1) is 0 Å². The Balaban J connectivity index is 2.55. The van der Waals surface area contributed by atoms with Crippen LogP contribution >= 0.6 is 11.8 Å². The third kappa shape index (κ3) is 1.54. The average molecular weight is 226 g/mol. The molecule has 2 rings (SSSR count). The van der Waals surface area contributed by atoms with Crippen LogP contribution in [0.5, 0.6) is 0 Å². The van der Waals surface area contributed by atoms with Gasteiger partial charge in [-0.25, -0.2) is 14.6 Å². The summed E-state index contributed by atoms with van der Waals surface area (Å²) in [6, 6.07) is 1.58. The van der Waals surface area contributed by atoms with E-state index in [1.54, 1.807) is 17.8 Å². The van der Waals surface area contributed by atoms with Gasteiger partial charge in [-0.1, -0.05) is 0 Å².